The van der Waals surface area contributed by atoms with Crippen LogP contribution in [0, 0.1) is 0 Å². The highest BCUT2D eigenvalue weighted by molar-refractivity contribution is 5.77. The highest BCUT2D eigenvalue weighted by Gasteiger charge is 2.58. The molecule has 2 aliphatic rings. The second kappa shape index (κ2) is 6.00. The van der Waals surface area contributed by atoms with E-state index in [4.69, 9.17) is 28.1 Å². The van der Waals surface area contributed by atoms with Gasteiger partial charge in [-0.05, 0) is 38.1 Å². The van der Waals surface area contributed by atoms with E-state index in [1.165, 1.54) is 13.2 Å². The fourth-order valence-corrected chi connectivity index (χ4v) is 3.42. The van der Waals surface area contributed by atoms with Crippen molar-refractivity contribution < 1.29 is 32.9 Å². The van der Waals surface area contributed by atoms with Crippen molar-refractivity contribution in [2.75, 3.05) is 7.11 Å². The minimum Gasteiger partial charge on any atom is -0.461 e. The van der Waals surface area contributed by atoms with E-state index in [2.05, 4.69) is 0 Å². The van der Waals surface area contributed by atoms with Gasteiger partial charge in [-0.25, -0.2) is 9.59 Å². The zero-order chi connectivity index (χ0) is 18.5. The summed E-state index contributed by atoms with van der Waals surface area (Å²) in [4.78, 5) is 22.9. The summed E-state index contributed by atoms with van der Waals surface area (Å²) in [5.74, 6) is 0.477. The summed E-state index contributed by atoms with van der Waals surface area (Å²) in [5.41, 5.74) is -0.743. The van der Waals surface area contributed by atoms with Gasteiger partial charge < -0.3 is 28.1 Å². The monoisotopic (exact) mass is 362 g/mol. The molecule has 0 amide bonds. The lowest BCUT2D eigenvalue weighted by molar-refractivity contribution is -0.282. The largest absolute Gasteiger partial charge is 0.509 e. The third-order valence-electron chi connectivity index (χ3n) is 4.56. The molecule has 8 nitrogen and oxygen atoms in total. The maximum absolute atomic E-state index is 11.6. The van der Waals surface area contributed by atoms with Crippen LogP contribution in [0.3, 0.4) is 0 Å². The van der Waals surface area contributed by atoms with E-state index in [9.17, 15) is 9.59 Å². The molecule has 0 unspecified atom stereocenters. The molecule has 4 rings (SSSR count). The van der Waals surface area contributed by atoms with Crippen LogP contribution in [0.2, 0.25) is 0 Å². The SMILES string of the molecule is CO[C@@H]1[C@H]2OC(=O)O[C@H]2[C@H](Oc2ccc3oc(=O)ccc3c2)OC1(C)C. The minimum atomic E-state index is -0.874. The zero-order valence-electron chi connectivity index (χ0n) is 14.5. The number of methoxy groups -OCH3 is 1. The van der Waals surface area contributed by atoms with E-state index in [-0.39, 0.29) is 0 Å². The Balaban J connectivity index is 1.63. The lowest BCUT2D eigenvalue weighted by Crippen LogP contribution is -2.62. The number of ether oxygens (including phenoxy) is 5. The second-order valence-electron chi connectivity index (χ2n) is 6.73. The third kappa shape index (κ3) is 2.81. The lowest BCUT2D eigenvalue weighted by Gasteiger charge is -2.45. The molecule has 0 N–H and O–H groups in total. The first-order valence-corrected chi connectivity index (χ1v) is 8.16. The first kappa shape index (κ1) is 16.9. The van der Waals surface area contributed by atoms with Gasteiger partial charge in [-0.3, -0.25) is 0 Å². The molecule has 8 heteroatoms. The Hall–Kier alpha value is -2.58. The van der Waals surface area contributed by atoms with Gasteiger partial charge in [-0.1, -0.05) is 0 Å². The average molecular weight is 362 g/mol. The summed E-state index contributed by atoms with van der Waals surface area (Å²) in [6, 6.07) is 7.97. The van der Waals surface area contributed by atoms with Crippen LogP contribution in [0.1, 0.15) is 13.8 Å². The van der Waals surface area contributed by atoms with E-state index in [0.29, 0.717) is 16.7 Å². The van der Waals surface area contributed by atoms with E-state index < -0.39 is 42.0 Å². The molecule has 3 heterocycles. The molecule has 0 aliphatic carbocycles. The minimum absolute atomic E-state index is 0.424. The Morgan fingerprint density at radius 3 is 2.58 bits per heavy atom. The Morgan fingerprint density at radius 1 is 1.04 bits per heavy atom. The van der Waals surface area contributed by atoms with Crippen LogP contribution < -0.4 is 10.4 Å². The molecular weight excluding hydrogens is 344 g/mol. The summed E-state index contributed by atoms with van der Waals surface area (Å²) < 4.78 is 33.0. The molecular formula is C18H18O8. The van der Waals surface area contributed by atoms with Crippen LogP contribution in [-0.2, 0) is 18.9 Å². The van der Waals surface area contributed by atoms with Gasteiger partial charge in [0.1, 0.15) is 17.4 Å². The first-order chi connectivity index (χ1) is 12.4. The van der Waals surface area contributed by atoms with E-state index in [0.717, 1.165) is 0 Å². The van der Waals surface area contributed by atoms with Crippen LogP contribution in [0.4, 0.5) is 4.79 Å². The molecule has 26 heavy (non-hydrogen) atoms. The normalized spacial score (nSPS) is 29.7. The van der Waals surface area contributed by atoms with Crippen molar-refractivity contribution in [3.8, 4) is 5.75 Å². The molecule has 2 aliphatic heterocycles. The van der Waals surface area contributed by atoms with Crippen molar-refractivity contribution in [1.29, 1.82) is 0 Å². The van der Waals surface area contributed by atoms with Crippen molar-refractivity contribution in [3.05, 3.63) is 40.8 Å². The fourth-order valence-electron chi connectivity index (χ4n) is 3.42. The van der Waals surface area contributed by atoms with Crippen molar-refractivity contribution in [3.63, 3.8) is 0 Å². The topological polar surface area (TPSA) is 93.4 Å². The van der Waals surface area contributed by atoms with Gasteiger partial charge in [-0.15, -0.1) is 0 Å². The van der Waals surface area contributed by atoms with E-state index >= 15 is 0 Å². The summed E-state index contributed by atoms with van der Waals surface area (Å²) in [6.45, 7) is 3.66. The number of hydrogen-bond acceptors (Lipinski definition) is 8. The fraction of sp³-hybridized carbons (Fsp3) is 0.444. The molecule has 0 bridgehead atoms. The summed E-state index contributed by atoms with van der Waals surface area (Å²) in [5, 5.41) is 0.697. The lowest BCUT2D eigenvalue weighted by atomic mass is 9.89. The van der Waals surface area contributed by atoms with Crippen molar-refractivity contribution in [2.45, 2.75) is 44.1 Å². The second-order valence-corrected chi connectivity index (χ2v) is 6.73. The van der Waals surface area contributed by atoms with Crippen molar-refractivity contribution >= 4 is 17.1 Å². The summed E-state index contributed by atoms with van der Waals surface area (Å²) in [7, 11) is 1.53. The van der Waals surface area contributed by atoms with Gasteiger partial charge in [0.2, 0.25) is 12.4 Å². The third-order valence-corrected chi connectivity index (χ3v) is 4.56. The van der Waals surface area contributed by atoms with Crippen LogP contribution in [0.15, 0.2) is 39.5 Å². The molecule has 2 fully saturated rings. The number of benzene rings is 1. The number of hydrogen-bond donors (Lipinski definition) is 0. The van der Waals surface area contributed by atoms with Gasteiger partial charge in [0.15, 0.2) is 6.10 Å². The molecule has 0 radical (unpaired) electrons. The highest BCUT2D eigenvalue weighted by atomic mass is 16.8. The molecule has 0 saturated carbocycles. The Bertz CT molecular complexity index is 901. The molecule has 4 atom stereocenters. The van der Waals surface area contributed by atoms with Gasteiger partial charge in [0.25, 0.3) is 0 Å². The predicted octanol–water partition coefficient (Wildman–Crippen LogP) is 2.23. The molecule has 0 spiro atoms. The Morgan fingerprint density at radius 2 is 1.81 bits per heavy atom. The smallest absolute Gasteiger partial charge is 0.461 e. The molecule has 2 aromatic rings. The number of rotatable bonds is 3. The number of carbonyl (C=O) groups is 1. The van der Waals surface area contributed by atoms with Crippen LogP contribution in [0.25, 0.3) is 11.0 Å². The van der Waals surface area contributed by atoms with Gasteiger partial charge in [0.05, 0.1) is 5.60 Å². The number of fused-ring (bicyclic) bond motifs is 2. The summed E-state index contributed by atoms with van der Waals surface area (Å²) >= 11 is 0. The molecule has 138 valence electrons. The van der Waals surface area contributed by atoms with Crippen molar-refractivity contribution in [1.82, 2.24) is 0 Å². The quantitative estimate of drug-likeness (QED) is 0.606. The first-order valence-electron chi connectivity index (χ1n) is 8.16. The average Bonchev–Trinajstić information content (AvgIpc) is 2.96. The maximum atomic E-state index is 11.6. The zero-order valence-corrected chi connectivity index (χ0v) is 14.5. The van der Waals surface area contributed by atoms with Crippen LogP contribution in [-0.4, -0.2) is 43.5 Å². The Labute approximate surface area is 148 Å². The molecule has 2 saturated heterocycles. The van der Waals surface area contributed by atoms with Crippen LogP contribution >= 0.6 is 0 Å². The van der Waals surface area contributed by atoms with Gasteiger partial charge in [0, 0.05) is 18.6 Å². The predicted molar refractivity (Wildman–Crippen MR) is 88.0 cm³/mol. The standard InChI is InChI=1S/C18H18O8/c1-18(2)15(21-3)13-14(25-17(20)24-13)16(26-18)22-10-5-6-11-9(8-10)4-7-12(19)23-11/h4-8,13-16H,1-3H3/t13-,14+,15+,16+/m0/s1. The van der Waals surface area contributed by atoms with E-state index in [1.807, 2.05) is 13.8 Å². The highest BCUT2D eigenvalue weighted by Crippen LogP contribution is 2.38. The van der Waals surface area contributed by atoms with Crippen LogP contribution in [0.5, 0.6) is 5.75 Å². The summed E-state index contributed by atoms with van der Waals surface area (Å²) in [6.07, 6.45) is -3.55. The maximum Gasteiger partial charge on any atom is 0.509 e. The molecule has 1 aromatic carbocycles. The molecule has 1 aromatic heterocycles. The van der Waals surface area contributed by atoms with E-state index in [1.54, 1.807) is 24.3 Å². The number of carbonyl (C=O) groups excluding carboxylic acids is 1. The van der Waals surface area contributed by atoms with Gasteiger partial charge >= 0.3 is 11.8 Å². The van der Waals surface area contributed by atoms with Gasteiger partial charge in [-0.2, -0.15) is 0 Å². The van der Waals surface area contributed by atoms with Crippen molar-refractivity contribution in [2.24, 2.45) is 0 Å². The Kier molecular flexibility index (Phi) is 3.89.